The molecule has 0 radical (unpaired) electrons. The van der Waals surface area contributed by atoms with Gasteiger partial charge in [0.25, 0.3) is 5.91 Å². The highest BCUT2D eigenvalue weighted by molar-refractivity contribution is 6.04. The standard InChI is InChI=1S/C22H22FNO3/c1-13-11-18(25)22-19(10-9-16(23)21(13)22)27-12-20(26)24-14(2)7-8-15-5-3-4-6-17(15)24/h3-6,9-10,13-14H,7-8,11-12H2,1-2H3. The Kier molecular flexibility index (Phi) is 4.46. The predicted molar refractivity (Wildman–Crippen MR) is 101 cm³/mol. The maximum atomic E-state index is 14.1. The monoisotopic (exact) mass is 367 g/mol. The lowest BCUT2D eigenvalue weighted by Gasteiger charge is -2.35. The summed E-state index contributed by atoms with van der Waals surface area (Å²) in [5, 5.41) is 0. The SMILES string of the molecule is CC1CC(=O)c2c(OCC(=O)N3c4ccccc4CCC3C)ccc(F)c21. The van der Waals surface area contributed by atoms with Crippen LogP contribution in [-0.4, -0.2) is 24.3 Å². The second-order valence-corrected chi connectivity index (χ2v) is 7.43. The number of carbonyl (C=O) groups is 2. The highest BCUT2D eigenvalue weighted by Gasteiger charge is 2.33. The molecule has 1 aliphatic heterocycles. The Morgan fingerprint density at radius 2 is 2.00 bits per heavy atom. The molecule has 0 saturated heterocycles. The molecule has 0 N–H and O–H groups in total. The fourth-order valence-corrected chi connectivity index (χ4v) is 4.22. The summed E-state index contributed by atoms with van der Waals surface area (Å²) in [6.45, 7) is 3.67. The van der Waals surface area contributed by atoms with Crippen molar-refractivity contribution >= 4 is 17.4 Å². The van der Waals surface area contributed by atoms with E-state index in [4.69, 9.17) is 4.74 Å². The van der Waals surface area contributed by atoms with E-state index in [9.17, 15) is 14.0 Å². The van der Waals surface area contributed by atoms with Crippen LogP contribution in [0.15, 0.2) is 36.4 Å². The summed E-state index contributed by atoms with van der Waals surface area (Å²) in [5.74, 6) is -0.546. The molecule has 4 nitrogen and oxygen atoms in total. The van der Waals surface area contributed by atoms with Crippen molar-refractivity contribution < 1.29 is 18.7 Å². The number of Topliss-reactive ketones (excluding diaryl/α,β-unsaturated/α-hetero) is 1. The zero-order chi connectivity index (χ0) is 19.1. The molecule has 2 aliphatic rings. The molecule has 4 rings (SSSR count). The van der Waals surface area contributed by atoms with Gasteiger partial charge >= 0.3 is 0 Å². The fraction of sp³-hybridized carbons (Fsp3) is 0.364. The summed E-state index contributed by atoms with van der Waals surface area (Å²) in [5.41, 5.74) is 2.76. The minimum absolute atomic E-state index is 0.0802. The van der Waals surface area contributed by atoms with Gasteiger partial charge < -0.3 is 9.64 Å². The van der Waals surface area contributed by atoms with E-state index >= 15 is 0 Å². The summed E-state index contributed by atoms with van der Waals surface area (Å²) in [6.07, 6.45) is 2.11. The zero-order valence-corrected chi connectivity index (χ0v) is 15.5. The fourth-order valence-electron chi connectivity index (χ4n) is 4.22. The van der Waals surface area contributed by atoms with Crippen LogP contribution in [0.5, 0.6) is 5.75 Å². The normalized spacial score (nSPS) is 21.0. The van der Waals surface area contributed by atoms with E-state index in [1.54, 1.807) is 4.90 Å². The predicted octanol–water partition coefficient (Wildman–Crippen LogP) is 4.26. The summed E-state index contributed by atoms with van der Waals surface area (Å²) < 4.78 is 19.8. The average molecular weight is 367 g/mol. The van der Waals surface area contributed by atoms with Gasteiger partial charge in [-0.2, -0.15) is 0 Å². The Morgan fingerprint density at radius 1 is 1.22 bits per heavy atom. The number of nitrogens with zero attached hydrogens (tertiary/aromatic N) is 1. The summed E-state index contributed by atoms with van der Waals surface area (Å²) in [7, 11) is 0. The van der Waals surface area contributed by atoms with Crippen LogP contribution in [0.25, 0.3) is 0 Å². The van der Waals surface area contributed by atoms with Gasteiger partial charge in [-0.15, -0.1) is 0 Å². The smallest absolute Gasteiger partial charge is 0.265 e. The van der Waals surface area contributed by atoms with Gasteiger partial charge in [0.05, 0.1) is 5.56 Å². The summed E-state index contributed by atoms with van der Waals surface area (Å²) in [6, 6.07) is 10.7. The van der Waals surface area contributed by atoms with Crippen molar-refractivity contribution in [3.8, 4) is 5.75 Å². The molecule has 1 heterocycles. The van der Waals surface area contributed by atoms with Crippen LogP contribution in [-0.2, 0) is 11.2 Å². The lowest BCUT2D eigenvalue weighted by molar-refractivity contribution is -0.121. The number of anilines is 1. The molecule has 0 fully saturated rings. The van der Waals surface area contributed by atoms with E-state index in [1.165, 1.54) is 12.1 Å². The number of rotatable bonds is 3. The second-order valence-electron chi connectivity index (χ2n) is 7.43. The molecule has 1 aliphatic carbocycles. The van der Waals surface area contributed by atoms with E-state index in [-0.39, 0.29) is 42.5 Å². The first kappa shape index (κ1) is 17.7. The van der Waals surface area contributed by atoms with Gasteiger partial charge in [0, 0.05) is 23.7 Å². The second kappa shape index (κ2) is 6.80. The van der Waals surface area contributed by atoms with Gasteiger partial charge in [0.15, 0.2) is 12.4 Å². The van der Waals surface area contributed by atoms with E-state index in [0.29, 0.717) is 16.9 Å². The maximum Gasteiger partial charge on any atom is 0.265 e. The highest BCUT2D eigenvalue weighted by Crippen LogP contribution is 2.40. The molecule has 2 atom stereocenters. The van der Waals surface area contributed by atoms with Crippen molar-refractivity contribution in [2.45, 2.75) is 45.1 Å². The number of para-hydroxylation sites is 1. The molecule has 0 aromatic heterocycles. The average Bonchev–Trinajstić information content (AvgIpc) is 2.96. The Morgan fingerprint density at radius 3 is 2.81 bits per heavy atom. The molecular formula is C22H22FNO3. The van der Waals surface area contributed by atoms with Crippen molar-refractivity contribution in [3.63, 3.8) is 0 Å². The Labute approximate surface area is 157 Å². The molecule has 1 amide bonds. The summed E-state index contributed by atoms with van der Waals surface area (Å²) >= 11 is 0. The molecule has 0 saturated carbocycles. The van der Waals surface area contributed by atoms with Gasteiger partial charge in [-0.1, -0.05) is 25.1 Å². The lowest BCUT2D eigenvalue weighted by atomic mass is 9.96. The highest BCUT2D eigenvalue weighted by atomic mass is 19.1. The quantitative estimate of drug-likeness (QED) is 0.814. The molecule has 2 aromatic rings. The van der Waals surface area contributed by atoms with Crippen LogP contribution in [0.3, 0.4) is 0 Å². The van der Waals surface area contributed by atoms with Gasteiger partial charge in [0.2, 0.25) is 0 Å². The first-order valence-corrected chi connectivity index (χ1v) is 9.35. The summed E-state index contributed by atoms with van der Waals surface area (Å²) in [4.78, 5) is 26.9. The Bertz CT molecular complexity index is 924. The van der Waals surface area contributed by atoms with Crippen LogP contribution in [0.2, 0.25) is 0 Å². The number of ketones is 1. The third-order valence-corrected chi connectivity index (χ3v) is 5.56. The van der Waals surface area contributed by atoms with Gasteiger partial charge in [-0.25, -0.2) is 4.39 Å². The van der Waals surface area contributed by atoms with E-state index < -0.39 is 0 Å². The zero-order valence-electron chi connectivity index (χ0n) is 15.5. The molecule has 140 valence electrons. The first-order valence-electron chi connectivity index (χ1n) is 9.35. The van der Waals surface area contributed by atoms with Crippen LogP contribution >= 0.6 is 0 Å². The van der Waals surface area contributed by atoms with Crippen LogP contribution in [0, 0.1) is 5.82 Å². The Balaban J connectivity index is 1.57. The molecule has 27 heavy (non-hydrogen) atoms. The van der Waals surface area contributed by atoms with Crippen molar-refractivity contribution in [2.24, 2.45) is 0 Å². The van der Waals surface area contributed by atoms with Crippen molar-refractivity contribution in [1.29, 1.82) is 0 Å². The molecule has 0 spiro atoms. The lowest BCUT2D eigenvalue weighted by Crippen LogP contribution is -2.44. The number of benzene rings is 2. The van der Waals surface area contributed by atoms with Crippen LogP contribution in [0.4, 0.5) is 10.1 Å². The van der Waals surface area contributed by atoms with Gasteiger partial charge in [0.1, 0.15) is 11.6 Å². The minimum Gasteiger partial charge on any atom is -0.483 e. The number of ether oxygens (including phenoxy) is 1. The molecule has 2 aromatic carbocycles. The number of hydrogen-bond donors (Lipinski definition) is 0. The number of halogens is 1. The van der Waals surface area contributed by atoms with E-state index in [2.05, 4.69) is 0 Å². The molecule has 0 bridgehead atoms. The van der Waals surface area contributed by atoms with Crippen molar-refractivity contribution in [1.82, 2.24) is 0 Å². The third kappa shape index (κ3) is 3.01. The molecular weight excluding hydrogens is 345 g/mol. The van der Waals surface area contributed by atoms with Crippen molar-refractivity contribution in [2.75, 3.05) is 11.5 Å². The van der Waals surface area contributed by atoms with Crippen molar-refractivity contribution in [3.05, 3.63) is 58.9 Å². The van der Waals surface area contributed by atoms with Crippen LogP contribution in [0.1, 0.15) is 54.1 Å². The topological polar surface area (TPSA) is 46.6 Å². The third-order valence-electron chi connectivity index (χ3n) is 5.56. The number of carbonyl (C=O) groups excluding carboxylic acids is 2. The van der Waals surface area contributed by atoms with Crippen LogP contribution < -0.4 is 9.64 Å². The van der Waals surface area contributed by atoms with E-state index in [1.807, 2.05) is 38.1 Å². The minimum atomic E-state index is -0.388. The maximum absolute atomic E-state index is 14.1. The van der Waals surface area contributed by atoms with Gasteiger partial charge in [-0.05, 0) is 49.4 Å². The Hall–Kier alpha value is -2.69. The van der Waals surface area contributed by atoms with E-state index in [0.717, 1.165) is 24.1 Å². The van der Waals surface area contributed by atoms with Gasteiger partial charge in [-0.3, -0.25) is 9.59 Å². The largest absolute Gasteiger partial charge is 0.483 e. The number of fused-ring (bicyclic) bond motifs is 2. The molecule has 2 unspecified atom stereocenters. The molecule has 5 heteroatoms. The first-order chi connectivity index (χ1) is 13.0. The number of amides is 1. The number of aryl methyl sites for hydroxylation is 1. The number of hydrogen-bond acceptors (Lipinski definition) is 3.